The van der Waals surface area contributed by atoms with Gasteiger partial charge >= 0.3 is 0 Å². The topological polar surface area (TPSA) is 51.8 Å². The van der Waals surface area contributed by atoms with Gasteiger partial charge in [0.05, 0.1) is 0 Å². The molecule has 2 rings (SSSR count). The summed E-state index contributed by atoms with van der Waals surface area (Å²) in [5, 5.41) is 0.988. The van der Waals surface area contributed by atoms with Gasteiger partial charge in [-0.2, -0.15) is 0 Å². The van der Waals surface area contributed by atoms with Gasteiger partial charge in [-0.1, -0.05) is 36.0 Å². The molecule has 2 N–H and O–H groups in total. The van der Waals surface area contributed by atoms with Crippen LogP contribution in [0.25, 0.3) is 0 Å². The van der Waals surface area contributed by atoms with Crippen molar-refractivity contribution in [1.29, 1.82) is 0 Å². The molecule has 0 radical (unpaired) electrons. The molecule has 0 aliphatic carbocycles. The number of hydrogen-bond donors (Lipinski definition) is 1. The minimum Gasteiger partial charge on any atom is -0.329 e. The molecule has 18 heavy (non-hydrogen) atoms. The van der Waals surface area contributed by atoms with Crippen LogP contribution in [-0.4, -0.2) is 16.5 Å². The molecule has 0 spiro atoms. The molecular formula is C14H17N3S. The molecule has 1 aromatic heterocycles. The fourth-order valence-corrected chi connectivity index (χ4v) is 2.86. The fourth-order valence-electron chi connectivity index (χ4n) is 1.80. The summed E-state index contributed by atoms with van der Waals surface area (Å²) in [7, 11) is 0. The highest BCUT2D eigenvalue weighted by atomic mass is 32.2. The molecule has 1 unspecified atom stereocenters. The molecule has 1 heterocycles. The summed E-state index contributed by atoms with van der Waals surface area (Å²) >= 11 is 1.62. The number of thioether (sulfide) groups is 1. The summed E-state index contributed by atoms with van der Waals surface area (Å²) in [5.74, 6) is 0. The molecule has 0 bridgehead atoms. The Bertz CT molecular complexity index is 528. The van der Waals surface area contributed by atoms with Gasteiger partial charge < -0.3 is 5.73 Å². The van der Waals surface area contributed by atoms with E-state index in [1.807, 2.05) is 25.1 Å². The maximum Gasteiger partial charge on any atom is 0.188 e. The number of aromatic nitrogens is 2. The normalized spacial score (nSPS) is 12.4. The first-order chi connectivity index (χ1) is 8.70. The van der Waals surface area contributed by atoms with E-state index in [0.29, 0.717) is 6.54 Å². The summed E-state index contributed by atoms with van der Waals surface area (Å²) in [6, 6.07) is 10.2. The van der Waals surface area contributed by atoms with Gasteiger partial charge in [-0.05, 0) is 31.0 Å². The van der Waals surface area contributed by atoms with Gasteiger partial charge in [0.1, 0.15) is 0 Å². The monoisotopic (exact) mass is 259 g/mol. The van der Waals surface area contributed by atoms with Gasteiger partial charge in [0.25, 0.3) is 0 Å². The standard InChI is InChI=1S/C14H17N3S/c1-10-5-3-4-6-12(10)13(9-15)18-14-16-8-7-11(2)17-14/h3-8,13H,9,15H2,1-2H3. The van der Waals surface area contributed by atoms with Crippen LogP contribution in [0.15, 0.2) is 41.7 Å². The molecule has 0 aliphatic rings. The Morgan fingerprint density at radius 3 is 2.67 bits per heavy atom. The highest BCUT2D eigenvalue weighted by molar-refractivity contribution is 7.99. The van der Waals surface area contributed by atoms with Crippen molar-refractivity contribution in [3.05, 3.63) is 53.3 Å². The van der Waals surface area contributed by atoms with Crippen LogP contribution in [0.4, 0.5) is 0 Å². The largest absolute Gasteiger partial charge is 0.329 e. The van der Waals surface area contributed by atoms with E-state index in [9.17, 15) is 0 Å². The van der Waals surface area contributed by atoms with Crippen LogP contribution in [0.5, 0.6) is 0 Å². The molecule has 0 saturated carbocycles. The number of aryl methyl sites for hydroxylation is 2. The Morgan fingerprint density at radius 2 is 2.00 bits per heavy atom. The smallest absolute Gasteiger partial charge is 0.188 e. The molecule has 1 atom stereocenters. The average Bonchev–Trinajstić information content (AvgIpc) is 2.37. The second kappa shape index (κ2) is 5.98. The van der Waals surface area contributed by atoms with Gasteiger partial charge in [-0.25, -0.2) is 9.97 Å². The maximum atomic E-state index is 5.88. The van der Waals surface area contributed by atoms with Gasteiger partial charge in [0, 0.05) is 23.7 Å². The molecule has 0 amide bonds. The molecule has 94 valence electrons. The summed E-state index contributed by atoms with van der Waals surface area (Å²) in [4.78, 5) is 8.69. The summed E-state index contributed by atoms with van der Waals surface area (Å²) in [6.45, 7) is 4.65. The number of benzene rings is 1. The van der Waals surface area contributed by atoms with Crippen LogP contribution in [0.2, 0.25) is 0 Å². The van der Waals surface area contributed by atoms with Crippen molar-refractivity contribution in [2.24, 2.45) is 5.73 Å². The van der Waals surface area contributed by atoms with Crippen molar-refractivity contribution in [2.45, 2.75) is 24.3 Å². The first-order valence-corrected chi connectivity index (χ1v) is 6.80. The van der Waals surface area contributed by atoms with Crippen LogP contribution in [-0.2, 0) is 0 Å². The predicted molar refractivity (Wildman–Crippen MR) is 75.6 cm³/mol. The Hall–Kier alpha value is -1.39. The van der Waals surface area contributed by atoms with E-state index in [1.165, 1.54) is 11.1 Å². The van der Waals surface area contributed by atoms with Crippen LogP contribution >= 0.6 is 11.8 Å². The van der Waals surface area contributed by atoms with Gasteiger partial charge in [0.2, 0.25) is 0 Å². The Morgan fingerprint density at radius 1 is 1.22 bits per heavy atom. The number of nitrogens with zero attached hydrogens (tertiary/aromatic N) is 2. The number of hydrogen-bond acceptors (Lipinski definition) is 4. The third kappa shape index (κ3) is 3.09. The third-order valence-corrected chi connectivity index (χ3v) is 3.91. The molecule has 0 fully saturated rings. The van der Waals surface area contributed by atoms with Crippen molar-refractivity contribution >= 4 is 11.8 Å². The van der Waals surface area contributed by atoms with E-state index in [4.69, 9.17) is 5.73 Å². The van der Waals surface area contributed by atoms with Crippen molar-refractivity contribution < 1.29 is 0 Å². The van der Waals surface area contributed by atoms with E-state index in [0.717, 1.165) is 10.9 Å². The Kier molecular flexibility index (Phi) is 4.33. The van der Waals surface area contributed by atoms with Gasteiger partial charge in [-0.3, -0.25) is 0 Å². The first kappa shape index (κ1) is 13.1. The van der Waals surface area contributed by atoms with Crippen LogP contribution < -0.4 is 5.73 Å². The summed E-state index contributed by atoms with van der Waals surface area (Å²) in [5.41, 5.74) is 9.38. The highest BCUT2D eigenvalue weighted by Gasteiger charge is 2.14. The van der Waals surface area contributed by atoms with Crippen molar-refractivity contribution in [1.82, 2.24) is 9.97 Å². The van der Waals surface area contributed by atoms with E-state index in [1.54, 1.807) is 18.0 Å². The lowest BCUT2D eigenvalue weighted by Crippen LogP contribution is -2.11. The molecule has 0 aliphatic heterocycles. The van der Waals surface area contributed by atoms with Crippen LogP contribution in [0, 0.1) is 13.8 Å². The minimum absolute atomic E-state index is 0.202. The number of rotatable bonds is 4. The van der Waals surface area contributed by atoms with E-state index >= 15 is 0 Å². The van der Waals surface area contributed by atoms with Crippen LogP contribution in [0.1, 0.15) is 22.1 Å². The first-order valence-electron chi connectivity index (χ1n) is 5.92. The maximum absolute atomic E-state index is 5.88. The molecule has 1 aromatic carbocycles. The van der Waals surface area contributed by atoms with Gasteiger partial charge in [0.15, 0.2) is 5.16 Å². The average molecular weight is 259 g/mol. The molecule has 3 nitrogen and oxygen atoms in total. The zero-order valence-electron chi connectivity index (χ0n) is 10.6. The quantitative estimate of drug-likeness (QED) is 0.677. The SMILES string of the molecule is Cc1ccnc(SC(CN)c2ccccc2C)n1. The van der Waals surface area contributed by atoms with E-state index in [2.05, 4.69) is 29.0 Å². The zero-order valence-corrected chi connectivity index (χ0v) is 11.4. The second-order valence-electron chi connectivity index (χ2n) is 4.18. The molecule has 4 heteroatoms. The lowest BCUT2D eigenvalue weighted by Gasteiger charge is -2.16. The summed E-state index contributed by atoms with van der Waals surface area (Å²) in [6.07, 6.45) is 1.79. The second-order valence-corrected chi connectivity index (χ2v) is 5.35. The van der Waals surface area contributed by atoms with E-state index in [-0.39, 0.29) is 5.25 Å². The van der Waals surface area contributed by atoms with Crippen molar-refractivity contribution in [3.63, 3.8) is 0 Å². The molecular weight excluding hydrogens is 242 g/mol. The van der Waals surface area contributed by atoms with E-state index < -0.39 is 0 Å². The lowest BCUT2D eigenvalue weighted by molar-refractivity contribution is 0.891. The molecule has 0 saturated heterocycles. The lowest BCUT2D eigenvalue weighted by atomic mass is 10.1. The predicted octanol–water partition coefficient (Wildman–Crippen LogP) is 2.89. The van der Waals surface area contributed by atoms with Crippen molar-refractivity contribution in [2.75, 3.05) is 6.54 Å². The minimum atomic E-state index is 0.202. The van der Waals surface area contributed by atoms with Crippen molar-refractivity contribution in [3.8, 4) is 0 Å². The third-order valence-electron chi connectivity index (χ3n) is 2.77. The summed E-state index contributed by atoms with van der Waals surface area (Å²) < 4.78 is 0. The zero-order chi connectivity index (χ0) is 13.0. The van der Waals surface area contributed by atoms with Crippen LogP contribution in [0.3, 0.4) is 0 Å². The molecule has 2 aromatic rings. The fraction of sp³-hybridized carbons (Fsp3) is 0.286. The highest BCUT2D eigenvalue weighted by Crippen LogP contribution is 2.33. The number of nitrogens with two attached hydrogens (primary N) is 1. The Labute approximate surface area is 112 Å². The Balaban J connectivity index is 2.23. The van der Waals surface area contributed by atoms with Gasteiger partial charge in [-0.15, -0.1) is 0 Å².